The fourth-order valence-corrected chi connectivity index (χ4v) is 5.91. The third-order valence-corrected chi connectivity index (χ3v) is 8.41. The van der Waals surface area contributed by atoms with Crippen molar-refractivity contribution in [2.75, 3.05) is 59.5 Å². The van der Waals surface area contributed by atoms with Crippen LogP contribution in [-0.4, -0.2) is 88.9 Å². The number of carbonyl (C=O) groups is 1. The molecule has 5 rings (SSSR count). The van der Waals surface area contributed by atoms with Gasteiger partial charge in [0.1, 0.15) is 5.82 Å². The predicted octanol–water partition coefficient (Wildman–Crippen LogP) is 1.69. The molecule has 0 saturated carbocycles. The van der Waals surface area contributed by atoms with E-state index in [2.05, 4.69) is 24.4 Å². The van der Waals surface area contributed by atoms with Gasteiger partial charge < -0.3 is 23.9 Å². The summed E-state index contributed by atoms with van der Waals surface area (Å²) in [6, 6.07) is 6.90. The maximum Gasteiger partial charge on any atom is 0.359 e. The number of carbonyl (C=O) groups excluding carboxylic acids is 1. The van der Waals surface area contributed by atoms with Gasteiger partial charge >= 0.3 is 5.97 Å². The maximum atomic E-state index is 12.3. The van der Waals surface area contributed by atoms with Gasteiger partial charge in [-0.3, -0.25) is 4.72 Å². The number of nitrogens with zero attached hydrogens (tertiary/aromatic N) is 8. The number of rotatable bonds is 11. The SMILES string of the molecule is CN(Cc1nc2c(N3CCOCC3)nc(-c3ccc(NS(=O)(=O)CCCCl)cc3)nc2n1C)c1ncc(C(=O)ON)cn1. The van der Waals surface area contributed by atoms with Crippen molar-refractivity contribution in [1.29, 1.82) is 0 Å². The van der Waals surface area contributed by atoms with E-state index in [9.17, 15) is 13.2 Å². The number of aryl methyl sites for hydroxylation is 1. The minimum absolute atomic E-state index is 0.0562. The molecule has 0 unspecified atom stereocenters. The van der Waals surface area contributed by atoms with Crippen molar-refractivity contribution in [3.05, 3.63) is 48.0 Å². The number of fused-ring (bicyclic) bond motifs is 1. The number of imidazole rings is 1. The van der Waals surface area contributed by atoms with Gasteiger partial charge in [0, 0.05) is 56.7 Å². The molecule has 1 aliphatic heterocycles. The molecular formula is C26H31ClN10O5S. The number of hydrogen-bond donors (Lipinski definition) is 2. The zero-order valence-electron chi connectivity index (χ0n) is 23.6. The molecular weight excluding hydrogens is 600 g/mol. The molecule has 1 saturated heterocycles. The van der Waals surface area contributed by atoms with Crippen LogP contribution >= 0.6 is 11.6 Å². The standard InChI is InChI=1S/C26H31ClN10O5S/c1-35(26-29-14-18(15-30-26)25(38)42-28)16-20-31-21-23(36(20)2)32-22(33-24(21)37-9-11-41-12-10-37)17-4-6-19(7-5-17)34-43(39,40)13-3-8-27/h4-7,14-15,34H,3,8-13,16,28H2,1-2H3. The van der Waals surface area contributed by atoms with E-state index in [0.29, 0.717) is 85.1 Å². The van der Waals surface area contributed by atoms with Gasteiger partial charge in [0.05, 0.1) is 31.1 Å². The molecule has 3 N–H and O–H groups in total. The molecule has 3 aromatic heterocycles. The van der Waals surface area contributed by atoms with Crippen molar-refractivity contribution >= 4 is 56.2 Å². The van der Waals surface area contributed by atoms with Crippen LogP contribution in [-0.2, 0) is 33.2 Å². The summed E-state index contributed by atoms with van der Waals surface area (Å²) in [4.78, 5) is 42.9. The van der Waals surface area contributed by atoms with Crippen LogP contribution in [0.5, 0.6) is 0 Å². The van der Waals surface area contributed by atoms with Crippen LogP contribution in [0, 0.1) is 0 Å². The number of nitrogens with one attached hydrogen (secondary N) is 1. The van der Waals surface area contributed by atoms with Crippen molar-refractivity contribution in [3.8, 4) is 11.4 Å². The molecule has 0 radical (unpaired) electrons. The van der Waals surface area contributed by atoms with Crippen LogP contribution in [0.3, 0.4) is 0 Å². The average Bonchev–Trinajstić information content (AvgIpc) is 3.34. The third kappa shape index (κ3) is 6.93. The Balaban J connectivity index is 1.46. The summed E-state index contributed by atoms with van der Waals surface area (Å²) >= 11 is 5.65. The number of aromatic nitrogens is 6. The van der Waals surface area contributed by atoms with E-state index in [1.54, 1.807) is 36.2 Å². The Morgan fingerprint density at radius 2 is 1.84 bits per heavy atom. The monoisotopic (exact) mass is 630 g/mol. The highest BCUT2D eigenvalue weighted by Gasteiger charge is 2.23. The van der Waals surface area contributed by atoms with Gasteiger partial charge in [-0.2, -0.15) is 5.90 Å². The van der Waals surface area contributed by atoms with Gasteiger partial charge in [-0.15, -0.1) is 11.6 Å². The lowest BCUT2D eigenvalue weighted by atomic mass is 10.2. The second-order valence-electron chi connectivity index (χ2n) is 9.80. The molecule has 4 aromatic rings. The van der Waals surface area contributed by atoms with E-state index in [1.807, 2.05) is 11.6 Å². The lowest BCUT2D eigenvalue weighted by Gasteiger charge is -2.28. The number of benzene rings is 1. The molecule has 17 heteroatoms. The van der Waals surface area contributed by atoms with Crippen molar-refractivity contribution in [2.45, 2.75) is 13.0 Å². The summed E-state index contributed by atoms with van der Waals surface area (Å²) in [6.45, 7) is 2.75. The Bertz CT molecular complexity index is 1690. The Morgan fingerprint density at radius 1 is 1.14 bits per heavy atom. The van der Waals surface area contributed by atoms with Crippen LogP contribution in [0.1, 0.15) is 22.6 Å². The van der Waals surface area contributed by atoms with E-state index in [-0.39, 0.29) is 17.2 Å². The van der Waals surface area contributed by atoms with Gasteiger partial charge in [-0.05, 0) is 30.7 Å². The summed E-state index contributed by atoms with van der Waals surface area (Å²) in [5, 5.41) is 0. The van der Waals surface area contributed by atoms with Crippen molar-refractivity contribution in [2.24, 2.45) is 12.9 Å². The van der Waals surface area contributed by atoms with Crippen LogP contribution in [0.15, 0.2) is 36.7 Å². The largest absolute Gasteiger partial charge is 0.378 e. The van der Waals surface area contributed by atoms with Gasteiger partial charge in [0.25, 0.3) is 0 Å². The molecule has 4 heterocycles. The van der Waals surface area contributed by atoms with E-state index < -0.39 is 16.0 Å². The lowest BCUT2D eigenvalue weighted by Crippen LogP contribution is -2.37. The Labute approximate surface area is 253 Å². The van der Waals surface area contributed by atoms with E-state index in [4.69, 9.17) is 37.2 Å². The fraction of sp³-hybridized carbons (Fsp3) is 0.385. The van der Waals surface area contributed by atoms with Gasteiger partial charge in [-0.1, -0.05) is 0 Å². The van der Waals surface area contributed by atoms with E-state index >= 15 is 0 Å². The number of hydrogen-bond acceptors (Lipinski definition) is 13. The summed E-state index contributed by atoms with van der Waals surface area (Å²) in [7, 11) is 0.181. The highest BCUT2D eigenvalue weighted by molar-refractivity contribution is 7.92. The number of morpholine rings is 1. The molecule has 43 heavy (non-hydrogen) atoms. The molecule has 0 aliphatic carbocycles. The number of ether oxygens (including phenoxy) is 1. The summed E-state index contributed by atoms with van der Waals surface area (Å²) in [5.41, 5.74) is 2.56. The number of alkyl halides is 1. The second-order valence-corrected chi connectivity index (χ2v) is 12.0. The molecule has 1 aromatic carbocycles. The molecule has 1 aliphatic rings. The second kappa shape index (κ2) is 13.0. The summed E-state index contributed by atoms with van der Waals surface area (Å²) in [6.07, 6.45) is 3.04. The number of anilines is 3. The zero-order valence-corrected chi connectivity index (χ0v) is 25.2. The summed E-state index contributed by atoms with van der Waals surface area (Å²) in [5.74, 6) is 6.64. The van der Waals surface area contributed by atoms with Crippen molar-refractivity contribution < 1.29 is 22.8 Å². The Morgan fingerprint density at radius 3 is 2.49 bits per heavy atom. The molecule has 0 spiro atoms. The predicted molar refractivity (Wildman–Crippen MR) is 161 cm³/mol. The first-order valence-electron chi connectivity index (χ1n) is 13.4. The maximum absolute atomic E-state index is 12.3. The Kier molecular flexibility index (Phi) is 9.19. The number of nitrogens with two attached hydrogens (primary N) is 1. The molecule has 1 fully saturated rings. The minimum atomic E-state index is -3.50. The highest BCUT2D eigenvalue weighted by Crippen LogP contribution is 2.29. The van der Waals surface area contributed by atoms with Crippen LogP contribution in [0.25, 0.3) is 22.6 Å². The zero-order chi connectivity index (χ0) is 30.6. The number of sulfonamides is 1. The fourth-order valence-electron chi connectivity index (χ4n) is 4.49. The minimum Gasteiger partial charge on any atom is -0.378 e. The Hall–Kier alpha value is -4.12. The highest BCUT2D eigenvalue weighted by atomic mass is 35.5. The van der Waals surface area contributed by atoms with E-state index in [0.717, 1.165) is 0 Å². The normalized spacial score (nSPS) is 13.7. The van der Waals surface area contributed by atoms with Crippen molar-refractivity contribution in [1.82, 2.24) is 29.5 Å². The van der Waals surface area contributed by atoms with Crippen LogP contribution in [0.4, 0.5) is 17.5 Å². The first-order valence-corrected chi connectivity index (χ1v) is 15.5. The quantitative estimate of drug-likeness (QED) is 0.180. The first-order chi connectivity index (χ1) is 20.7. The smallest absolute Gasteiger partial charge is 0.359 e. The molecule has 0 bridgehead atoms. The molecule has 0 atom stereocenters. The van der Waals surface area contributed by atoms with E-state index in [1.165, 1.54) is 12.4 Å². The number of halogens is 1. The first kappa shape index (κ1) is 30.3. The van der Waals surface area contributed by atoms with Gasteiger partial charge in [0.2, 0.25) is 16.0 Å². The average molecular weight is 631 g/mol. The molecule has 228 valence electrons. The lowest BCUT2D eigenvalue weighted by molar-refractivity contribution is 0.0502. The van der Waals surface area contributed by atoms with Gasteiger partial charge in [-0.25, -0.2) is 38.1 Å². The summed E-state index contributed by atoms with van der Waals surface area (Å²) < 4.78 is 34.6. The van der Waals surface area contributed by atoms with Crippen LogP contribution in [0.2, 0.25) is 0 Å². The van der Waals surface area contributed by atoms with Gasteiger partial charge in [0.15, 0.2) is 22.8 Å². The topological polar surface area (TPSA) is 184 Å². The third-order valence-electron chi connectivity index (χ3n) is 6.77. The molecule has 15 nitrogen and oxygen atoms in total. The van der Waals surface area contributed by atoms with Crippen LogP contribution < -0.4 is 20.4 Å². The molecule has 0 amide bonds. The van der Waals surface area contributed by atoms with Crippen molar-refractivity contribution in [3.63, 3.8) is 0 Å².